The number of para-hydroxylation sites is 1. The first-order valence-corrected chi connectivity index (χ1v) is 12.5. The third-order valence-electron chi connectivity index (χ3n) is 4.79. The van der Waals surface area contributed by atoms with Gasteiger partial charge in [0.1, 0.15) is 11.5 Å². The van der Waals surface area contributed by atoms with Crippen LogP contribution in [0.25, 0.3) is 15.9 Å². The van der Waals surface area contributed by atoms with Crippen LogP contribution in [0.4, 0.5) is 0 Å². The average Bonchev–Trinajstić information content (AvgIpc) is 3.46. The van der Waals surface area contributed by atoms with Gasteiger partial charge in [-0.1, -0.05) is 41.7 Å². The molecule has 30 heavy (non-hydrogen) atoms. The fourth-order valence-electron chi connectivity index (χ4n) is 3.30. The molecule has 6 nitrogen and oxygen atoms in total. The molecule has 0 aliphatic rings. The molecule has 0 aliphatic carbocycles. The topological polar surface area (TPSA) is 60.9 Å². The zero-order chi connectivity index (χ0) is 20.5. The Kier molecular flexibility index (Phi) is 5.49. The molecule has 0 spiro atoms. The Morgan fingerprint density at radius 3 is 2.73 bits per heavy atom. The number of thioether (sulfide) groups is 2. The highest BCUT2D eigenvalue weighted by Crippen LogP contribution is 2.32. The number of pyridine rings is 1. The Labute approximate surface area is 186 Å². The van der Waals surface area contributed by atoms with E-state index < -0.39 is 0 Å². The number of nitrogens with zero attached hydrogens (tertiary/aromatic N) is 6. The highest BCUT2D eigenvalue weighted by atomic mass is 32.2. The van der Waals surface area contributed by atoms with E-state index in [2.05, 4.69) is 63.5 Å². The van der Waals surface area contributed by atoms with E-state index in [1.54, 1.807) is 34.9 Å². The summed E-state index contributed by atoms with van der Waals surface area (Å²) < 4.78 is 6.55. The molecule has 5 rings (SSSR count). The number of aryl methyl sites for hydroxylation is 1. The predicted molar refractivity (Wildman–Crippen MR) is 124 cm³/mol. The van der Waals surface area contributed by atoms with E-state index in [1.807, 2.05) is 18.3 Å². The molecule has 0 saturated carbocycles. The van der Waals surface area contributed by atoms with Crippen molar-refractivity contribution in [2.45, 2.75) is 41.4 Å². The minimum atomic E-state index is 0.759. The molecule has 0 amide bonds. The maximum Gasteiger partial charge on any atom is 0.191 e. The van der Waals surface area contributed by atoms with Crippen molar-refractivity contribution in [1.29, 1.82) is 0 Å². The van der Waals surface area contributed by atoms with Crippen molar-refractivity contribution in [2.75, 3.05) is 0 Å². The van der Waals surface area contributed by atoms with Crippen LogP contribution in [-0.2, 0) is 18.1 Å². The van der Waals surface area contributed by atoms with Gasteiger partial charge in [0.05, 0.1) is 21.7 Å². The molecule has 0 atom stereocenters. The van der Waals surface area contributed by atoms with Crippen molar-refractivity contribution in [1.82, 2.24) is 29.1 Å². The summed E-state index contributed by atoms with van der Waals surface area (Å²) in [5, 5.41) is 9.82. The van der Waals surface area contributed by atoms with Crippen LogP contribution in [-0.4, -0.2) is 29.1 Å². The van der Waals surface area contributed by atoms with Crippen LogP contribution in [0.15, 0.2) is 58.3 Å². The lowest BCUT2D eigenvalue weighted by molar-refractivity contribution is 0.659. The van der Waals surface area contributed by atoms with Crippen LogP contribution in [0.3, 0.4) is 0 Å². The second-order valence-electron chi connectivity index (χ2n) is 6.82. The van der Waals surface area contributed by atoms with E-state index in [-0.39, 0.29) is 0 Å². The standard InChI is InChI=1S/C21H20N6S3/c1-3-27-18(13-29-21-23-16-8-4-5-9-17(16)30-21)24-25-20(27)28-12-15-11-26-10-6-7-14(2)19(26)22-15/h4-11H,3,12-13H2,1-2H3. The predicted octanol–water partition coefficient (Wildman–Crippen LogP) is 5.45. The van der Waals surface area contributed by atoms with Gasteiger partial charge in [-0.25, -0.2) is 9.97 Å². The summed E-state index contributed by atoms with van der Waals surface area (Å²) in [6.45, 7) is 5.06. The van der Waals surface area contributed by atoms with Gasteiger partial charge in [-0.2, -0.15) is 0 Å². The van der Waals surface area contributed by atoms with Gasteiger partial charge in [-0.05, 0) is 37.6 Å². The first-order valence-electron chi connectivity index (χ1n) is 9.67. The van der Waals surface area contributed by atoms with Crippen molar-refractivity contribution in [2.24, 2.45) is 0 Å². The third-order valence-corrected chi connectivity index (χ3v) is 7.96. The highest BCUT2D eigenvalue weighted by molar-refractivity contribution is 8.00. The highest BCUT2D eigenvalue weighted by Gasteiger charge is 2.14. The second-order valence-corrected chi connectivity index (χ2v) is 10.0. The van der Waals surface area contributed by atoms with E-state index in [0.717, 1.165) is 50.2 Å². The Balaban J connectivity index is 1.28. The van der Waals surface area contributed by atoms with E-state index in [4.69, 9.17) is 9.97 Å². The normalized spacial score (nSPS) is 11.7. The summed E-state index contributed by atoms with van der Waals surface area (Å²) in [7, 11) is 0. The Morgan fingerprint density at radius 2 is 1.90 bits per heavy atom. The first kappa shape index (κ1) is 19.6. The fourth-order valence-corrected chi connectivity index (χ4v) is 6.21. The molecule has 4 heterocycles. The molecule has 1 aromatic carbocycles. The summed E-state index contributed by atoms with van der Waals surface area (Å²) in [5.74, 6) is 2.51. The van der Waals surface area contributed by atoms with Crippen LogP contribution in [0.2, 0.25) is 0 Å². The number of thiazole rings is 1. The van der Waals surface area contributed by atoms with Gasteiger partial charge < -0.3 is 8.97 Å². The first-order chi connectivity index (χ1) is 14.7. The van der Waals surface area contributed by atoms with E-state index >= 15 is 0 Å². The zero-order valence-corrected chi connectivity index (χ0v) is 19.1. The Bertz CT molecular complexity index is 1290. The fraction of sp³-hybridized carbons (Fsp3) is 0.238. The molecular weight excluding hydrogens is 432 g/mol. The molecule has 9 heteroatoms. The quantitative estimate of drug-likeness (QED) is 0.306. The maximum absolute atomic E-state index is 4.76. The van der Waals surface area contributed by atoms with E-state index in [9.17, 15) is 0 Å². The lowest BCUT2D eigenvalue weighted by Gasteiger charge is -2.05. The Morgan fingerprint density at radius 1 is 1.00 bits per heavy atom. The lowest BCUT2D eigenvalue weighted by Crippen LogP contribution is -2.02. The van der Waals surface area contributed by atoms with Crippen molar-refractivity contribution in [3.05, 3.63) is 65.9 Å². The zero-order valence-electron chi connectivity index (χ0n) is 16.6. The second kappa shape index (κ2) is 8.41. The summed E-state index contributed by atoms with van der Waals surface area (Å²) >= 11 is 5.13. The molecule has 0 aliphatic heterocycles. The molecule has 0 bridgehead atoms. The number of imidazole rings is 1. The maximum atomic E-state index is 4.76. The number of hydrogen-bond acceptors (Lipinski definition) is 7. The molecule has 5 aromatic rings. The van der Waals surface area contributed by atoms with Crippen LogP contribution in [0.1, 0.15) is 24.0 Å². The van der Waals surface area contributed by atoms with Gasteiger partial charge in [0.2, 0.25) is 0 Å². The van der Waals surface area contributed by atoms with Gasteiger partial charge in [0, 0.05) is 24.7 Å². The molecule has 0 N–H and O–H groups in total. The minimum Gasteiger partial charge on any atom is -0.307 e. The summed E-state index contributed by atoms with van der Waals surface area (Å²) in [4.78, 5) is 9.46. The van der Waals surface area contributed by atoms with Gasteiger partial charge >= 0.3 is 0 Å². The monoisotopic (exact) mass is 452 g/mol. The molecule has 0 radical (unpaired) electrons. The number of rotatable bonds is 7. The van der Waals surface area contributed by atoms with Crippen LogP contribution in [0, 0.1) is 6.92 Å². The molecule has 0 unspecified atom stereocenters. The largest absolute Gasteiger partial charge is 0.307 e. The van der Waals surface area contributed by atoms with Crippen LogP contribution in [0.5, 0.6) is 0 Å². The van der Waals surface area contributed by atoms with Crippen molar-refractivity contribution >= 4 is 50.7 Å². The molecule has 4 aromatic heterocycles. The van der Waals surface area contributed by atoms with Crippen LogP contribution < -0.4 is 0 Å². The lowest BCUT2D eigenvalue weighted by atomic mass is 10.3. The summed E-state index contributed by atoms with van der Waals surface area (Å²) in [6.07, 6.45) is 4.13. The number of benzene rings is 1. The summed E-state index contributed by atoms with van der Waals surface area (Å²) in [6, 6.07) is 12.4. The van der Waals surface area contributed by atoms with E-state index in [1.165, 1.54) is 10.3 Å². The van der Waals surface area contributed by atoms with E-state index in [0.29, 0.717) is 0 Å². The average molecular weight is 453 g/mol. The molecule has 0 fully saturated rings. The van der Waals surface area contributed by atoms with Gasteiger partial charge in [0.25, 0.3) is 0 Å². The third kappa shape index (κ3) is 3.84. The summed E-state index contributed by atoms with van der Waals surface area (Å²) in [5.41, 5.74) is 4.30. The molecule has 152 valence electrons. The van der Waals surface area contributed by atoms with Gasteiger partial charge in [-0.15, -0.1) is 21.5 Å². The van der Waals surface area contributed by atoms with Crippen molar-refractivity contribution in [3.63, 3.8) is 0 Å². The minimum absolute atomic E-state index is 0.759. The Hall–Kier alpha value is -2.36. The molecule has 0 saturated heterocycles. The van der Waals surface area contributed by atoms with Gasteiger partial charge in [-0.3, -0.25) is 0 Å². The van der Waals surface area contributed by atoms with Crippen molar-refractivity contribution in [3.8, 4) is 0 Å². The van der Waals surface area contributed by atoms with Crippen molar-refractivity contribution < 1.29 is 0 Å². The smallest absolute Gasteiger partial charge is 0.191 e. The number of aromatic nitrogens is 6. The number of fused-ring (bicyclic) bond motifs is 2. The molecular formula is C21H20N6S3. The van der Waals surface area contributed by atoms with Gasteiger partial charge in [0.15, 0.2) is 9.50 Å². The van der Waals surface area contributed by atoms with Crippen LogP contribution >= 0.6 is 34.9 Å². The SMILES string of the molecule is CCn1c(CSc2nc3ccccc3s2)nnc1SCc1cn2cccc(C)c2n1. The number of hydrogen-bond donors (Lipinski definition) is 0.